The molecule has 0 atom stereocenters. The summed E-state index contributed by atoms with van der Waals surface area (Å²) >= 11 is 0. The van der Waals surface area contributed by atoms with Gasteiger partial charge in [0.15, 0.2) is 0 Å². The Bertz CT molecular complexity index is 718. The van der Waals surface area contributed by atoms with Gasteiger partial charge in [0.1, 0.15) is 0 Å². The van der Waals surface area contributed by atoms with E-state index in [1.165, 1.54) is 0 Å². The smallest absolute Gasteiger partial charge is 0.311 e. The summed E-state index contributed by atoms with van der Waals surface area (Å²) in [6.45, 7) is 5.74. The second-order valence-corrected chi connectivity index (χ2v) is 6.05. The summed E-state index contributed by atoms with van der Waals surface area (Å²) < 4.78 is 5.41. The average Bonchev–Trinajstić information content (AvgIpc) is 3.12. The maximum Gasteiger partial charge on any atom is 0.311 e. The van der Waals surface area contributed by atoms with E-state index in [0.29, 0.717) is 37.6 Å². The number of benzene rings is 1. The Morgan fingerprint density at radius 1 is 0.958 bits per heavy atom. The summed E-state index contributed by atoms with van der Waals surface area (Å²) in [6.07, 6.45) is 0. The molecule has 24 heavy (non-hydrogen) atoms. The molecule has 1 aromatic heterocycles. The molecule has 0 spiro atoms. The van der Waals surface area contributed by atoms with Crippen molar-refractivity contribution in [3.63, 3.8) is 0 Å². The molecule has 1 aliphatic heterocycles. The molecule has 3 rings (SSSR count). The van der Waals surface area contributed by atoms with Crippen molar-refractivity contribution in [2.45, 2.75) is 19.8 Å². The molecule has 0 bridgehead atoms. The van der Waals surface area contributed by atoms with E-state index in [0.717, 1.165) is 0 Å². The Labute approximate surface area is 140 Å². The first-order valence-corrected chi connectivity index (χ1v) is 8.03. The highest BCUT2D eigenvalue weighted by Crippen LogP contribution is 2.15. The fraction of sp³-hybridized carbons (Fsp3) is 0.412. The van der Waals surface area contributed by atoms with Crippen molar-refractivity contribution in [3.8, 4) is 0 Å². The van der Waals surface area contributed by atoms with Gasteiger partial charge < -0.3 is 14.2 Å². The molecule has 7 heteroatoms. The lowest BCUT2D eigenvalue weighted by Gasteiger charge is -2.34. The van der Waals surface area contributed by atoms with E-state index >= 15 is 0 Å². The van der Waals surface area contributed by atoms with Gasteiger partial charge in [-0.25, -0.2) is 0 Å². The zero-order valence-corrected chi connectivity index (χ0v) is 13.8. The van der Waals surface area contributed by atoms with E-state index < -0.39 is 0 Å². The zero-order chi connectivity index (χ0) is 17.1. The van der Waals surface area contributed by atoms with Gasteiger partial charge in [-0.15, -0.1) is 10.2 Å². The van der Waals surface area contributed by atoms with Gasteiger partial charge in [0.2, 0.25) is 5.89 Å². The zero-order valence-electron chi connectivity index (χ0n) is 13.8. The fourth-order valence-corrected chi connectivity index (χ4v) is 2.57. The lowest BCUT2D eigenvalue weighted by molar-refractivity contribution is 0.0512. The summed E-state index contributed by atoms with van der Waals surface area (Å²) in [5, 5.41) is 7.71. The van der Waals surface area contributed by atoms with Gasteiger partial charge in [-0.1, -0.05) is 32.0 Å². The van der Waals surface area contributed by atoms with Gasteiger partial charge in [0, 0.05) is 37.7 Å². The molecular weight excluding hydrogens is 308 g/mol. The molecule has 1 fully saturated rings. The average molecular weight is 328 g/mol. The number of nitrogens with zero attached hydrogens (tertiary/aromatic N) is 4. The normalized spacial score (nSPS) is 15.0. The van der Waals surface area contributed by atoms with Crippen molar-refractivity contribution in [2.24, 2.45) is 0 Å². The van der Waals surface area contributed by atoms with E-state index in [1.807, 2.05) is 32.0 Å². The van der Waals surface area contributed by atoms with E-state index in [1.54, 1.807) is 21.9 Å². The maximum absolute atomic E-state index is 12.4. The number of rotatable bonds is 3. The van der Waals surface area contributed by atoms with Crippen molar-refractivity contribution in [1.29, 1.82) is 0 Å². The van der Waals surface area contributed by atoms with Crippen LogP contribution in [0.3, 0.4) is 0 Å². The van der Waals surface area contributed by atoms with Crippen molar-refractivity contribution >= 4 is 11.8 Å². The number of hydrogen-bond donors (Lipinski definition) is 0. The van der Waals surface area contributed by atoms with E-state index in [9.17, 15) is 9.59 Å². The summed E-state index contributed by atoms with van der Waals surface area (Å²) in [4.78, 5) is 28.2. The van der Waals surface area contributed by atoms with Crippen LogP contribution < -0.4 is 0 Å². The highest BCUT2D eigenvalue weighted by atomic mass is 16.4. The SMILES string of the molecule is CC(C)c1nnc(C(=O)N2CCN(C(=O)c3ccccc3)CC2)o1. The van der Waals surface area contributed by atoms with Crippen LogP contribution in [0.4, 0.5) is 0 Å². The fourth-order valence-electron chi connectivity index (χ4n) is 2.57. The Hall–Kier alpha value is -2.70. The Morgan fingerprint density at radius 2 is 1.54 bits per heavy atom. The van der Waals surface area contributed by atoms with Crippen LogP contribution in [0.1, 0.15) is 46.7 Å². The quantitative estimate of drug-likeness (QED) is 0.858. The molecule has 126 valence electrons. The number of carbonyl (C=O) groups excluding carboxylic acids is 2. The van der Waals surface area contributed by atoms with Gasteiger partial charge in [0.05, 0.1) is 0 Å². The van der Waals surface area contributed by atoms with Gasteiger partial charge in [0.25, 0.3) is 5.91 Å². The number of hydrogen-bond acceptors (Lipinski definition) is 5. The van der Waals surface area contributed by atoms with E-state index in [-0.39, 0.29) is 23.6 Å². The molecule has 0 radical (unpaired) electrons. The summed E-state index contributed by atoms with van der Waals surface area (Å²) in [5.41, 5.74) is 0.663. The van der Waals surface area contributed by atoms with Crippen molar-refractivity contribution in [3.05, 3.63) is 47.7 Å². The first kappa shape index (κ1) is 16.2. The molecule has 0 saturated carbocycles. The second kappa shape index (κ2) is 6.82. The van der Waals surface area contributed by atoms with Crippen LogP contribution in [0.15, 0.2) is 34.7 Å². The standard InChI is InChI=1S/C17H20N4O3/c1-12(2)14-18-19-15(24-14)17(23)21-10-8-20(9-11-21)16(22)13-6-4-3-5-7-13/h3-7,12H,8-11H2,1-2H3. The topological polar surface area (TPSA) is 79.5 Å². The Balaban J connectivity index is 1.60. The molecule has 2 heterocycles. The van der Waals surface area contributed by atoms with Crippen LogP contribution in [0.25, 0.3) is 0 Å². The molecule has 0 aliphatic carbocycles. The summed E-state index contributed by atoms with van der Waals surface area (Å²) in [7, 11) is 0. The first-order valence-electron chi connectivity index (χ1n) is 8.03. The van der Waals surface area contributed by atoms with Crippen LogP contribution in [-0.2, 0) is 0 Å². The van der Waals surface area contributed by atoms with Crippen LogP contribution in [0.2, 0.25) is 0 Å². The lowest BCUT2D eigenvalue weighted by atomic mass is 10.2. The Morgan fingerprint density at radius 3 is 2.08 bits per heavy atom. The lowest BCUT2D eigenvalue weighted by Crippen LogP contribution is -2.50. The second-order valence-electron chi connectivity index (χ2n) is 6.05. The summed E-state index contributed by atoms with van der Waals surface area (Å²) in [6, 6.07) is 9.16. The first-order chi connectivity index (χ1) is 11.6. The minimum absolute atomic E-state index is 0.0115. The molecule has 1 saturated heterocycles. The molecule has 2 aromatic rings. The van der Waals surface area contributed by atoms with Gasteiger partial charge in [-0.2, -0.15) is 0 Å². The number of piperazine rings is 1. The highest BCUT2D eigenvalue weighted by Gasteiger charge is 2.28. The maximum atomic E-state index is 12.4. The van der Waals surface area contributed by atoms with Crippen LogP contribution >= 0.6 is 0 Å². The van der Waals surface area contributed by atoms with Crippen molar-refractivity contribution in [1.82, 2.24) is 20.0 Å². The molecule has 7 nitrogen and oxygen atoms in total. The number of aromatic nitrogens is 2. The monoisotopic (exact) mass is 328 g/mol. The Kier molecular flexibility index (Phi) is 4.59. The molecule has 1 aliphatic rings. The number of carbonyl (C=O) groups is 2. The van der Waals surface area contributed by atoms with Crippen molar-refractivity contribution in [2.75, 3.05) is 26.2 Å². The van der Waals surface area contributed by atoms with Gasteiger partial charge in [-0.3, -0.25) is 9.59 Å². The third-order valence-corrected chi connectivity index (χ3v) is 3.99. The largest absolute Gasteiger partial charge is 0.417 e. The summed E-state index contributed by atoms with van der Waals surface area (Å²) in [5.74, 6) is 0.265. The predicted molar refractivity (Wildman–Crippen MR) is 86.6 cm³/mol. The predicted octanol–water partition coefficient (Wildman–Crippen LogP) is 1.79. The highest BCUT2D eigenvalue weighted by molar-refractivity contribution is 5.94. The van der Waals surface area contributed by atoms with Gasteiger partial charge in [-0.05, 0) is 12.1 Å². The third kappa shape index (κ3) is 3.29. The molecule has 0 N–H and O–H groups in total. The minimum atomic E-state index is -0.277. The molecule has 0 unspecified atom stereocenters. The molecule has 1 aromatic carbocycles. The number of amides is 2. The molecular formula is C17H20N4O3. The van der Waals surface area contributed by atoms with Crippen molar-refractivity contribution < 1.29 is 14.0 Å². The van der Waals surface area contributed by atoms with E-state index in [4.69, 9.17) is 4.42 Å². The third-order valence-electron chi connectivity index (χ3n) is 3.99. The van der Waals surface area contributed by atoms with Crippen LogP contribution in [0.5, 0.6) is 0 Å². The van der Waals surface area contributed by atoms with Crippen LogP contribution in [-0.4, -0.2) is 58.0 Å². The van der Waals surface area contributed by atoms with Gasteiger partial charge >= 0.3 is 11.8 Å². The van der Waals surface area contributed by atoms with Crippen LogP contribution in [0, 0.1) is 0 Å². The van der Waals surface area contributed by atoms with E-state index in [2.05, 4.69) is 10.2 Å². The minimum Gasteiger partial charge on any atom is -0.417 e. The molecule has 2 amide bonds.